The van der Waals surface area contributed by atoms with Gasteiger partial charge in [-0.2, -0.15) is 0 Å². The van der Waals surface area contributed by atoms with Crippen molar-refractivity contribution in [2.75, 3.05) is 13.2 Å². The first-order valence-electron chi connectivity index (χ1n) is 8.52. The Morgan fingerprint density at radius 2 is 2.04 bits per heavy atom. The van der Waals surface area contributed by atoms with Crippen molar-refractivity contribution in [1.82, 2.24) is 4.98 Å². The molecule has 1 fully saturated rings. The van der Waals surface area contributed by atoms with Crippen molar-refractivity contribution in [3.05, 3.63) is 42.1 Å². The Kier molecular flexibility index (Phi) is 3.92. The molecule has 1 aliphatic carbocycles. The van der Waals surface area contributed by atoms with Crippen LogP contribution in [0.2, 0.25) is 0 Å². The van der Waals surface area contributed by atoms with E-state index in [1.807, 2.05) is 18.2 Å². The number of nitrogens with zero attached hydrogens (tertiary/aromatic N) is 1. The molecule has 0 aliphatic heterocycles. The predicted molar refractivity (Wildman–Crippen MR) is 95.1 cm³/mol. The number of fused-ring (bicyclic) bond motifs is 3. The number of phenolic OH excluding ortho intramolecular Hbond substituents is 1. The summed E-state index contributed by atoms with van der Waals surface area (Å²) in [5, 5.41) is 12.5. The molecule has 3 aromatic rings. The lowest BCUT2D eigenvalue weighted by Gasteiger charge is -2.10. The molecule has 0 bridgehead atoms. The molecular formula is C20H19NO4. The van der Waals surface area contributed by atoms with Gasteiger partial charge in [0.1, 0.15) is 17.2 Å². The zero-order chi connectivity index (χ0) is 17.4. The molecule has 25 heavy (non-hydrogen) atoms. The molecule has 5 heteroatoms. The maximum absolute atomic E-state index is 12.0. The normalized spacial score (nSPS) is 14.0. The summed E-state index contributed by atoms with van der Waals surface area (Å²) in [5.41, 5.74) is 0.904. The standard InChI is InChI=1S/C20H19NO4/c1-2-24-20(23)17-8-5-13-9-18(22)15-7-6-14(25-11-12-3-4-12)10-16(15)19(13)21-17/h5-10,12,22H,2-4,11H2,1H3. The molecule has 0 unspecified atom stereocenters. The summed E-state index contributed by atoms with van der Waals surface area (Å²) in [4.78, 5) is 16.5. The molecule has 2 aromatic carbocycles. The van der Waals surface area contributed by atoms with E-state index in [-0.39, 0.29) is 11.4 Å². The van der Waals surface area contributed by atoms with Gasteiger partial charge in [-0.25, -0.2) is 9.78 Å². The third-order valence-corrected chi connectivity index (χ3v) is 4.41. The summed E-state index contributed by atoms with van der Waals surface area (Å²) >= 11 is 0. The van der Waals surface area contributed by atoms with Crippen LogP contribution in [-0.4, -0.2) is 29.3 Å². The molecule has 0 radical (unpaired) electrons. The van der Waals surface area contributed by atoms with E-state index in [9.17, 15) is 9.90 Å². The number of carbonyl (C=O) groups is 1. The molecule has 0 spiro atoms. The number of pyridine rings is 1. The second-order valence-corrected chi connectivity index (χ2v) is 6.35. The lowest BCUT2D eigenvalue weighted by molar-refractivity contribution is 0.0520. The van der Waals surface area contributed by atoms with Crippen LogP contribution in [-0.2, 0) is 4.74 Å². The van der Waals surface area contributed by atoms with Gasteiger partial charge in [0, 0.05) is 16.2 Å². The highest BCUT2D eigenvalue weighted by Crippen LogP contribution is 2.35. The van der Waals surface area contributed by atoms with Crippen molar-refractivity contribution in [3.63, 3.8) is 0 Å². The number of phenols is 1. The molecule has 4 rings (SSSR count). The third-order valence-electron chi connectivity index (χ3n) is 4.41. The van der Waals surface area contributed by atoms with Gasteiger partial charge in [0.15, 0.2) is 0 Å². The highest BCUT2D eigenvalue weighted by Gasteiger charge is 2.22. The summed E-state index contributed by atoms with van der Waals surface area (Å²) in [7, 11) is 0. The van der Waals surface area contributed by atoms with Crippen LogP contribution >= 0.6 is 0 Å². The Hall–Kier alpha value is -2.82. The van der Waals surface area contributed by atoms with Crippen molar-refractivity contribution in [1.29, 1.82) is 0 Å². The monoisotopic (exact) mass is 337 g/mol. The summed E-state index contributed by atoms with van der Waals surface area (Å²) in [5.74, 6) is 1.13. The van der Waals surface area contributed by atoms with Crippen LogP contribution in [0.25, 0.3) is 21.7 Å². The van der Waals surface area contributed by atoms with Crippen molar-refractivity contribution in [2.45, 2.75) is 19.8 Å². The molecule has 1 N–H and O–H groups in total. The number of esters is 1. The van der Waals surface area contributed by atoms with Crippen LogP contribution in [0.3, 0.4) is 0 Å². The van der Waals surface area contributed by atoms with Crippen molar-refractivity contribution in [2.24, 2.45) is 5.92 Å². The molecule has 0 saturated heterocycles. The number of aromatic hydroxyl groups is 1. The average Bonchev–Trinajstić information content (AvgIpc) is 3.44. The molecular weight excluding hydrogens is 318 g/mol. The Balaban J connectivity index is 1.83. The molecule has 5 nitrogen and oxygen atoms in total. The predicted octanol–water partition coefficient (Wildman–Crippen LogP) is 4.06. The second-order valence-electron chi connectivity index (χ2n) is 6.35. The molecule has 0 amide bonds. The maximum Gasteiger partial charge on any atom is 0.356 e. The van der Waals surface area contributed by atoms with Gasteiger partial charge in [-0.3, -0.25) is 0 Å². The summed E-state index contributed by atoms with van der Waals surface area (Å²) in [6, 6.07) is 10.6. The number of aromatic nitrogens is 1. The zero-order valence-electron chi connectivity index (χ0n) is 14.0. The van der Waals surface area contributed by atoms with Gasteiger partial charge in [0.2, 0.25) is 0 Å². The van der Waals surface area contributed by atoms with Crippen molar-refractivity contribution >= 4 is 27.6 Å². The number of hydrogen-bond acceptors (Lipinski definition) is 5. The molecule has 1 aliphatic rings. The van der Waals surface area contributed by atoms with E-state index in [1.54, 1.807) is 25.1 Å². The van der Waals surface area contributed by atoms with Crippen LogP contribution in [0.5, 0.6) is 11.5 Å². The lowest BCUT2D eigenvalue weighted by Crippen LogP contribution is -2.07. The van der Waals surface area contributed by atoms with E-state index in [0.29, 0.717) is 30.0 Å². The fraction of sp³-hybridized carbons (Fsp3) is 0.300. The molecule has 1 heterocycles. The van der Waals surface area contributed by atoms with Gasteiger partial charge in [-0.05, 0) is 56.0 Å². The Bertz CT molecular complexity index is 963. The number of ether oxygens (including phenoxy) is 2. The van der Waals surface area contributed by atoms with E-state index < -0.39 is 5.97 Å². The van der Waals surface area contributed by atoms with Gasteiger partial charge in [-0.1, -0.05) is 6.07 Å². The van der Waals surface area contributed by atoms with Gasteiger partial charge in [-0.15, -0.1) is 0 Å². The number of hydrogen-bond donors (Lipinski definition) is 1. The third kappa shape index (κ3) is 3.09. The fourth-order valence-corrected chi connectivity index (χ4v) is 2.88. The Morgan fingerprint density at radius 3 is 2.80 bits per heavy atom. The minimum Gasteiger partial charge on any atom is -0.507 e. The smallest absolute Gasteiger partial charge is 0.356 e. The molecule has 1 aromatic heterocycles. The van der Waals surface area contributed by atoms with Crippen LogP contribution in [0.4, 0.5) is 0 Å². The fourth-order valence-electron chi connectivity index (χ4n) is 2.88. The number of benzene rings is 2. The summed E-state index contributed by atoms with van der Waals surface area (Å²) < 4.78 is 10.9. The minimum absolute atomic E-state index is 0.182. The minimum atomic E-state index is -0.452. The van der Waals surface area contributed by atoms with E-state index in [1.165, 1.54) is 12.8 Å². The first-order chi connectivity index (χ1) is 12.2. The first-order valence-corrected chi connectivity index (χ1v) is 8.52. The summed E-state index contributed by atoms with van der Waals surface area (Å²) in [6.07, 6.45) is 2.45. The highest BCUT2D eigenvalue weighted by atomic mass is 16.5. The summed E-state index contributed by atoms with van der Waals surface area (Å²) in [6.45, 7) is 2.77. The van der Waals surface area contributed by atoms with E-state index in [4.69, 9.17) is 9.47 Å². The van der Waals surface area contributed by atoms with Gasteiger partial charge >= 0.3 is 5.97 Å². The van der Waals surface area contributed by atoms with Crippen LogP contribution < -0.4 is 4.74 Å². The van der Waals surface area contributed by atoms with Crippen molar-refractivity contribution < 1.29 is 19.4 Å². The largest absolute Gasteiger partial charge is 0.507 e. The van der Waals surface area contributed by atoms with Crippen LogP contribution in [0.1, 0.15) is 30.3 Å². The van der Waals surface area contributed by atoms with Crippen LogP contribution in [0, 0.1) is 5.92 Å². The molecule has 1 saturated carbocycles. The van der Waals surface area contributed by atoms with E-state index in [0.717, 1.165) is 16.5 Å². The first kappa shape index (κ1) is 15.7. The van der Waals surface area contributed by atoms with Gasteiger partial charge in [0.05, 0.1) is 18.7 Å². The molecule has 0 atom stereocenters. The topological polar surface area (TPSA) is 68.7 Å². The van der Waals surface area contributed by atoms with E-state index >= 15 is 0 Å². The van der Waals surface area contributed by atoms with Crippen LogP contribution in [0.15, 0.2) is 36.4 Å². The lowest BCUT2D eigenvalue weighted by atomic mass is 10.0. The average molecular weight is 337 g/mol. The van der Waals surface area contributed by atoms with Crippen molar-refractivity contribution in [3.8, 4) is 11.5 Å². The Labute approximate surface area is 145 Å². The Morgan fingerprint density at radius 1 is 1.20 bits per heavy atom. The highest BCUT2D eigenvalue weighted by molar-refractivity contribution is 6.09. The molecule has 128 valence electrons. The van der Waals surface area contributed by atoms with E-state index in [2.05, 4.69) is 4.98 Å². The number of carbonyl (C=O) groups excluding carboxylic acids is 1. The maximum atomic E-state index is 12.0. The number of rotatable bonds is 5. The SMILES string of the molecule is CCOC(=O)c1ccc2cc(O)c3ccc(OCC4CC4)cc3c2n1. The van der Waals surface area contributed by atoms with Gasteiger partial charge < -0.3 is 14.6 Å². The quantitative estimate of drug-likeness (QED) is 0.562. The zero-order valence-corrected chi connectivity index (χ0v) is 14.0. The second kappa shape index (κ2) is 6.24. The van der Waals surface area contributed by atoms with Gasteiger partial charge in [0.25, 0.3) is 0 Å².